The molecule has 1 atom stereocenters. The third-order valence-corrected chi connectivity index (χ3v) is 3.51. The average Bonchev–Trinajstić information content (AvgIpc) is 2.47. The molecule has 1 aromatic carbocycles. The van der Waals surface area contributed by atoms with Crippen molar-refractivity contribution in [2.75, 3.05) is 13.2 Å². The van der Waals surface area contributed by atoms with Crippen LogP contribution < -0.4 is 0 Å². The van der Waals surface area contributed by atoms with E-state index in [0.29, 0.717) is 13.2 Å². The highest BCUT2D eigenvalue weighted by Crippen LogP contribution is 2.25. The summed E-state index contributed by atoms with van der Waals surface area (Å²) >= 11 is 1.38. The van der Waals surface area contributed by atoms with Gasteiger partial charge in [-0.3, -0.25) is 0 Å². The summed E-state index contributed by atoms with van der Waals surface area (Å²) in [5, 5.41) is 0. The third-order valence-electron chi connectivity index (χ3n) is 2.42. The summed E-state index contributed by atoms with van der Waals surface area (Å²) in [5.74, 6) is -0.319. The van der Waals surface area contributed by atoms with E-state index in [2.05, 4.69) is 19.1 Å². The Labute approximate surface area is 125 Å². The van der Waals surface area contributed by atoms with E-state index in [1.807, 2.05) is 30.3 Å². The number of rotatable bonds is 9. The fourth-order valence-electron chi connectivity index (χ4n) is 1.51. The summed E-state index contributed by atoms with van der Waals surface area (Å²) in [6.07, 6.45) is 5.97. The average molecular weight is 294 g/mol. The Morgan fingerprint density at radius 2 is 2.00 bits per heavy atom. The molecule has 0 aliphatic carbocycles. The maximum Gasteiger partial charge on any atom is 0.346 e. The number of allylic oxidation sites excluding steroid dienone is 1. The zero-order valence-corrected chi connectivity index (χ0v) is 12.9. The molecular formula is C16H22O3S. The van der Waals surface area contributed by atoms with E-state index in [1.165, 1.54) is 11.8 Å². The van der Waals surface area contributed by atoms with E-state index in [-0.39, 0.29) is 5.97 Å². The second-order valence-corrected chi connectivity index (χ2v) is 5.19. The van der Waals surface area contributed by atoms with Crippen molar-refractivity contribution in [1.29, 1.82) is 0 Å². The topological polar surface area (TPSA) is 35.5 Å². The summed E-state index contributed by atoms with van der Waals surface area (Å²) in [7, 11) is 0. The molecule has 0 saturated carbocycles. The molecule has 1 unspecified atom stereocenters. The van der Waals surface area contributed by atoms with Crippen LogP contribution in [0, 0.1) is 0 Å². The zero-order chi connectivity index (χ0) is 14.6. The Morgan fingerprint density at radius 1 is 1.25 bits per heavy atom. The second-order valence-electron chi connectivity index (χ2n) is 4.05. The van der Waals surface area contributed by atoms with Crippen molar-refractivity contribution >= 4 is 17.7 Å². The summed E-state index contributed by atoms with van der Waals surface area (Å²) in [4.78, 5) is 12.9. The van der Waals surface area contributed by atoms with Gasteiger partial charge in [-0.25, -0.2) is 4.79 Å². The number of carbonyl (C=O) groups is 1. The highest BCUT2D eigenvalue weighted by Gasteiger charge is 2.21. The Kier molecular flexibility index (Phi) is 8.83. The number of hydrogen-bond acceptors (Lipinski definition) is 4. The molecule has 0 aliphatic rings. The molecule has 1 aromatic rings. The summed E-state index contributed by atoms with van der Waals surface area (Å²) in [6, 6.07) is 9.73. The largest absolute Gasteiger partial charge is 0.463 e. The van der Waals surface area contributed by atoms with E-state index in [0.717, 1.165) is 17.7 Å². The maximum absolute atomic E-state index is 11.9. The Hall–Kier alpha value is -1.26. The molecular weight excluding hydrogens is 272 g/mol. The van der Waals surface area contributed by atoms with Gasteiger partial charge in [0.1, 0.15) is 0 Å². The lowest BCUT2D eigenvalue weighted by Crippen LogP contribution is -2.23. The van der Waals surface area contributed by atoms with Gasteiger partial charge in [-0.15, -0.1) is 0 Å². The summed E-state index contributed by atoms with van der Waals surface area (Å²) < 4.78 is 10.7. The minimum absolute atomic E-state index is 0.319. The van der Waals surface area contributed by atoms with E-state index in [1.54, 1.807) is 6.92 Å². The molecule has 0 N–H and O–H groups in total. The molecule has 110 valence electrons. The van der Waals surface area contributed by atoms with Gasteiger partial charge in [0.2, 0.25) is 5.44 Å². The van der Waals surface area contributed by atoms with E-state index in [4.69, 9.17) is 9.47 Å². The molecule has 0 bridgehead atoms. The number of hydrogen-bond donors (Lipinski definition) is 0. The molecule has 0 saturated heterocycles. The van der Waals surface area contributed by atoms with Gasteiger partial charge in [-0.1, -0.05) is 49.0 Å². The van der Waals surface area contributed by atoms with Crippen molar-refractivity contribution in [3.05, 3.63) is 42.5 Å². The number of ether oxygens (including phenoxy) is 2. The van der Waals surface area contributed by atoms with Gasteiger partial charge in [0, 0.05) is 4.90 Å². The minimum Gasteiger partial charge on any atom is -0.463 e. The van der Waals surface area contributed by atoms with Crippen LogP contribution in [0.15, 0.2) is 47.4 Å². The van der Waals surface area contributed by atoms with Crippen LogP contribution in [0.5, 0.6) is 0 Å². The highest BCUT2D eigenvalue weighted by atomic mass is 32.2. The molecule has 0 fully saturated rings. The fourth-order valence-corrected chi connectivity index (χ4v) is 2.40. The third kappa shape index (κ3) is 6.78. The first-order valence-corrected chi connectivity index (χ1v) is 7.80. The van der Waals surface area contributed by atoms with Crippen LogP contribution in [-0.2, 0) is 14.3 Å². The lowest BCUT2D eigenvalue weighted by atomic mass is 10.3. The van der Waals surface area contributed by atoms with Crippen LogP contribution in [0.4, 0.5) is 0 Å². The van der Waals surface area contributed by atoms with E-state index < -0.39 is 5.44 Å². The van der Waals surface area contributed by atoms with Crippen molar-refractivity contribution in [1.82, 2.24) is 0 Å². The van der Waals surface area contributed by atoms with Gasteiger partial charge in [0.25, 0.3) is 0 Å². The Bertz CT molecular complexity index is 403. The van der Waals surface area contributed by atoms with Crippen LogP contribution >= 0.6 is 11.8 Å². The number of benzene rings is 1. The van der Waals surface area contributed by atoms with E-state index in [9.17, 15) is 4.79 Å². The smallest absolute Gasteiger partial charge is 0.346 e. The lowest BCUT2D eigenvalue weighted by Gasteiger charge is -2.15. The van der Waals surface area contributed by atoms with Gasteiger partial charge in [-0.05, 0) is 31.9 Å². The summed E-state index contributed by atoms with van der Waals surface area (Å²) in [5.41, 5.74) is -0.604. The van der Waals surface area contributed by atoms with Gasteiger partial charge in [0.05, 0.1) is 13.2 Å². The quantitative estimate of drug-likeness (QED) is 0.226. The van der Waals surface area contributed by atoms with Crippen LogP contribution in [0.3, 0.4) is 0 Å². The first-order chi connectivity index (χ1) is 9.77. The lowest BCUT2D eigenvalue weighted by molar-refractivity contribution is -0.150. The molecule has 0 amide bonds. The highest BCUT2D eigenvalue weighted by molar-refractivity contribution is 8.00. The van der Waals surface area contributed by atoms with Crippen LogP contribution in [0.1, 0.15) is 26.7 Å². The zero-order valence-electron chi connectivity index (χ0n) is 12.1. The van der Waals surface area contributed by atoms with Crippen molar-refractivity contribution in [2.24, 2.45) is 0 Å². The first-order valence-electron chi connectivity index (χ1n) is 6.92. The number of thioether (sulfide) groups is 1. The normalized spacial score (nSPS) is 12.5. The van der Waals surface area contributed by atoms with Crippen LogP contribution in [0.25, 0.3) is 0 Å². The van der Waals surface area contributed by atoms with Crippen molar-refractivity contribution in [3.8, 4) is 0 Å². The minimum atomic E-state index is -0.604. The van der Waals surface area contributed by atoms with E-state index >= 15 is 0 Å². The predicted molar refractivity (Wildman–Crippen MR) is 82.7 cm³/mol. The van der Waals surface area contributed by atoms with Crippen LogP contribution in [0.2, 0.25) is 0 Å². The number of esters is 1. The Morgan fingerprint density at radius 3 is 2.65 bits per heavy atom. The summed E-state index contributed by atoms with van der Waals surface area (Å²) in [6.45, 7) is 4.76. The predicted octanol–water partition coefficient (Wildman–Crippen LogP) is 4.04. The van der Waals surface area contributed by atoms with Gasteiger partial charge in [0.15, 0.2) is 0 Å². The van der Waals surface area contributed by atoms with Gasteiger partial charge < -0.3 is 9.47 Å². The molecule has 20 heavy (non-hydrogen) atoms. The fraction of sp³-hybridized carbons (Fsp3) is 0.438. The molecule has 0 heterocycles. The van der Waals surface area contributed by atoms with Crippen molar-refractivity contribution in [2.45, 2.75) is 37.0 Å². The van der Waals surface area contributed by atoms with Crippen LogP contribution in [-0.4, -0.2) is 24.6 Å². The second kappa shape index (κ2) is 10.5. The standard InChI is InChI=1S/C16H22O3S/c1-3-5-6-10-13-19-16(15(17)18-4-2)20-14-11-8-7-9-12-14/h5-9,11-12,16H,3-4,10,13H2,1-2H3/b6-5+. The molecule has 0 radical (unpaired) electrons. The SMILES string of the molecule is CC/C=C/CCOC(Sc1ccccc1)C(=O)OCC. The molecule has 0 aromatic heterocycles. The monoisotopic (exact) mass is 294 g/mol. The molecule has 4 heteroatoms. The molecule has 0 aliphatic heterocycles. The van der Waals surface area contributed by atoms with Gasteiger partial charge >= 0.3 is 5.97 Å². The van der Waals surface area contributed by atoms with Gasteiger partial charge in [-0.2, -0.15) is 0 Å². The first kappa shape index (κ1) is 16.8. The molecule has 0 spiro atoms. The molecule has 3 nitrogen and oxygen atoms in total. The van der Waals surface area contributed by atoms with Crippen molar-refractivity contribution < 1.29 is 14.3 Å². The maximum atomic E-state index is 11.9. The molecule has 1 rings (SSSR count). The Balaban J connectivity index is 2.51. The van der Waals surface area contributed by atoms with Crippen molar-refractivity contribution in [3.63, 3.8) is 0 Å². The number of carbonyl (C=O) groups excluding carboxylic acids is 1.